The minimum Gasteiger partial charge on any atom is -0.477 e. The van der Waals surface area contributed by atoms with Gasteiger partial charge in [-0.05, 0) is 37.5 Å². The third kappa shape index (κ3) is 11.8. The number of benzene rings is 1. The highest BCUT2D eigenvalue weighted by molar-refractivity contribution is 6.30. The number of aliphatic hydroxyl groups is 3. The molecule has 0 spiro atoms. The molecule has 1 aromatic heterocycles. The van der Waals surface area contributed by atoms with E-state index in [-0.39, 0.29) is 12.2 Å². The van der Waals surface area contributed by atoms with Crippen molar-refractivity contribution in [1.29, 1.82) is 0 Å². The Morgan fingerprint density at radius 1 is 1.19 bits per heavy atom. The minimum atomic E-state index is -2.36. The Bertz CT molecular complexity index is 1300. The second-order valence-electron chi connectivity index (χ2n) is 11.3. The van der Waals surface area contributed by atoms with E-state index in [9.17, 15) is 34.8 Å². The summed E-state index contributed by atoms with van der Waals surface area (Å²) in [6, 6.07) is 4.80. The van der Waals surface area contributed by atoms with E-state index in [2.05, 4.69) is 20.9 Å². The fraction of sp³-hybridized carbons (Fsp3) is 0.633. The summed E-state index contributed by atoms with van der Waals surface area (Å²) in [5, 5.41) is 56.2. The molecule has 1 aromatic carbocycles. The third-order valence-corrected chi connectivity index (χ3v) is 7.77. The van der Waals surface area contributed by atoms with Crippen molar-refractivity contribution in [3.63, 3.8) is 0 Å². The Balaban J connectivity index is 1.53. The van der Waals surface area contributed by atoms with E-state index in [0.717, 1.165) is 18.5 Å². The highest BCUT2D eigenvalue weighted by Gasteiger charge is 2.55. The fourth-order valence-corrected chi connectivity index (χ4v) is 5.31. The molecule has 0 aliphatic carbocycles. The van der Waals surface area contributed by atoms with Crippen molar-refractivity contribution in [1.82, 2.24) is 25.6 Å². The molecule has 2 aromatic rings. The molecule has 262 valence electrons. The number of aliphatic hydroxyl groups excluding tert-OH is 3. The number of nitrogens with zero attached hydrogens (tertiary/aromatic N) is 3. The lowest BCUT2D eigenvalue weighted by molar-refractivity contribution is -0.310. The highest BCUT2D eigenvalue weighted by Crippen LogP contribution is 2.34. The van der Waals surface area contributed by atoms with Gasteiger partial charge in [-0.15, -0.1) is 5.10 Å². The number of carbonyl (C=O) groups excluding carboxylic acids is 2. The van der Waals surface area contributed by atoms with Crippen LogP contribution >= 0.6 is 11.6 Å². The molecule has 1 aliphatic rings. The van der Waals surface area contributed by atoms with Gasteiger partial charge in [0.25, 0.3) is 11.7 Å². The predicted molar refractivity (Wildman–Crippen MR) is 167 cm³/mol. The maximum Gasteiger partial charge on any atom is 0.364 e. The first-order valence-corrected chi connectivity index (χ1v) is 15.9. The van der Waals surface area contributed by atoms with Gasteiger partial charge in [0, 0.05) is 43.2 Å². The Labute approximate surface area is 277 Å². The molecule has 0 saturated carbocycles. The summed E-state index contributed by atoms with van der Waals surface area (Å²) >= 11 is 5.92. The summed E-state index contributed by atoms with van der Waals surface area (Å²) in [5.74, 6) is -5.08. The van der Waals surface area contributed by atoms with Crippen LogP contribution in [0.2, 0.25) is 5.02 Å². The summed E-state index contributed by atoms with van der Waals surface area (Å²) in [6.45, 7) is 2.70. The Hall–Kier alpha value is -3.22. The summed E-state index contributed by atoms with van der Waals surface area (Å²) in [5.41, 5.74) is 6.46. The normalized spacial score (nSPS) is 22.4. The summed E-state index contributed by atoms with van der Waals surface area (Å²) in [7, 11) is 0. The van der Waals surface area contributed by atoms with Crippen LogP contribution in [0, 0.1) is 0 Å². The molecule has 0 unspecified atom stereocenters. The van der Waals surface area contributed by atoms with Crippen molar-refractivity contribution in [3.05, 3.63) is 46.7 Å². The molecule has 47 heavy (non-hydrogen) atoms. The number of hydrogen-bond acceptors (Lipinski definition) is 12. The first-order chi connectivity index (χ1) is 22.5. The van der Waals surface area contributed by atoms with Gasteiger partial charge in [-0.2, -0.15) is 0 Å². The molecule has 1 saturated heterocycles. The number of carboxylic acids is 1. The van der Waals surface area contributed by atoms with Gasteiger partial charge in [-0.25, -0.2) is 9.48 Å². The van der Waals surface area contributed by atoms with E-state index in [4.69, 9.17) is 31.5 Å². The number of ether oxygens (including phenoxy) is 3. The molecule has 3 rings (SSSR count). The zero-order valence-corrected chi connectivity index (χ0v) is 27.1. The van der Waals surface area contributed by atoms with Crippen LogP contribution in [-0.4, -0.2) is 122 Å². The molecular formula is C30H45ClN6O10. The topological polar surface area (TPSA) is 241 Å². The third-order valence-electron chi connectivity index (χ3n) is 7.53. The van der Waals surface area contributed by atoms with E-state index in [1.807, 2.05) is 6.20 Å². The lowest BCUT2D eigenvalue weighted by Crippen LogP contribution is -2.68. The minimum absolute atomic E-state index is 0.0378. The molecule has 6 atom stereocenters. The maximum absolute atomic E-state index is 12.5. The van der Waals surface area contributed by atoms with Crippen molar-refractivity contribution in [2.24, 2.45) is 5.73 Å². The predicted octanol–water partition coefficient (Wildman–Crippen LogP) is -0.386. The van der Waals surface area contributed by atoms with E-state index < -0.39 is 67.0 Å². The average molecular weight is 685 g/mol. The van der Waals surface area contributed by atoms with Crippen LogP contribution in [0.25, 0.3) is 0 Å². The van der Waals surface area contributed by atoms with Crippen LogP contribution in [-0.2, 0) is 36.8 Å². The number of carboxylic acid groups (broad SMARTS) is 1. The van der Waals surface area contributed by atoms with Crippen LogP contribution < -0.4 is 16.4 Å². The number of carbonyl (C=O) groups is 3. The SMILES string of the molecule is CC(=O)N[C@H]1[C@H]([C@H](O)[C@H](O)CNC(=O)c2cccc(Cl)c2)O[C@@](OCCCCCCc2cn(CCOCCN)nn2)(C(=O)O)C[C@@H]1O. The Kier molecular flexibility index (Phi) is 15.4. The highest BCUT2D eigenvalue weighted by atomic mass is 35.5. The van der Waals surface area contributed by atoms with Crippen molar-refractivity contribution in [3.8, 4) is 0 Å². The molecule has 0 radical (unpaired) electrons. The molecule has 8 N–H and O–H groups in total. The Morgan fingerprint density at radius 2 is 1.96 bits per heavy atom. The number of aryl methyl sites for hydroxylation is 1. The van der Waals surface area contributed by atoms with E-state index in [1.54, 1.807) is 16.8 Å². The number of aliphatic carboxylic acids is 1. The number of nitrogens with two attached hydrogens (primary N) is 1. The second kappa shape index (κ2) is 18.9. The van der Waals surface area contributed by atoms with Crippen LogP contribution in [0.5, 0.6) is 0 Å². The van der Waals surface area contributed by atoms with Crippen LogP contribution in [0.15, 0.2) is 30.5 Å². The fourth-order valence-electron chi connectivity index (χ4n) is 5.12. The molecule has 1 fully saturated rings. The van der Waals surface area contributed by atoms with Gasteiger partial charge < -0.3 is 51.0 Å². The average Bonchev–Trinajstić information content (AvgIpc) is 3.49. The van der Waals surface area contributed by atoms with Crippen molar-refractivity contribution in [2.45, 2.75) is 88.2 Å². The lowest BCUT2D eigenvalue weighted by atomic mass is 9.88. The zero-order chi connectivity index (χ0) is 34.4. The Morgan fingerprint density at radius 3 is 2.66 bits per heavy atom. The largest absolute Gasteiger partial charge is 0.477 e. The summed E-state index contributed by atoms with van der Waals surface area (Å²) in [4.78, 5) is 36.8. The molecule has 2 heterocycles. The standard InChI is InChI=1S/C30H45ClN6O10/c1-19(38)34-25-23(39)16-30(29(43)44,46-12-5-3-2-4-9-22-18-37(36-35-22)11-14-45-13-10-32)47-27(25)26(41)24(40)17-33-28(42)20-7-6-8-21(31)15-20/h6-8,15,18,23-27,39-41H,2-5,9-14,16-17,32H2,1H3,(H,33,42)(H,34,38)(H,43,44)/t23-,24+,25+,26+,27+,30+/m0/s1. The summed E-state index contributed by atoms with van der Waals surface area (Å²) < 4.78 is 18.5. The molecule has 1 aliphatic heterocycles. The number of nitrogens with one attached hydrogen (secondary N) is 2. The first kappa shape index (κ1) is 38.2. The smallest absolute Gasteiger partial charge is 0.364 e. The number of halogens is 1. The van der Waals surface area contributed by atoms with E-state index in [1.165, 1.54) is 19.1 Å². The molecular weight excluding hydrogens is 640 g/mol. The molecule has 2 amide bonds. The van der Waals surface area contributed by atoms with Gasteiger partial charge in [0.15, 0.2) is 0 Å². The van der Waals surface area contributed by atoms with Crippen molar-refractivity contribution in [2.75, 3.05) is 32.9 Å². The van der Waals surface area contributed by atoms with Crippen LogP contribution in [0.4, 0.5) is 0 Å². The van der Waals surface area contributed by atoms with Gasteiger partial charge in [0.1, 0.15) is 12.2 Å². The number of amides is 2. The van der Waals surface area contributed by atoms with Gasteiger partial charge in [0.2, 0.25) is 5.91 Å². The quantitative estimate of drug-likeness (QED) is 0.0881. The van der Waals surface area contributed by atoms with E-state index >= 15 is 0 Å². The van der Waals surface area contributed by atoms with Crippen molar-refractivity contribution >= 4 is 29.4 Å². The first-order valence-electron chi connectivity index (χ1n) is 15.5. The van der Waals surface area contributed by atoms with E-state index in [0.29, 0.717) is 50.6 Å². The van der Waals surface area contributed by atoms with Crippen molar-refractivity contribution < 1.29 is 49.0 Å². The van der Waals surface area contributed by atoms with Crippen LogP contribution in [0.1, 0.15) is 55.1 Å². The molecule has 17 heteroatoms. The van der Waals surface area contributed by atoms with Gasteiger partial charge in [-0.1, -0.05) is 35.7 Å². The zero-order valence-electron chi connectivity index (χ0n) is 26.3. The monoisotopic (exact) mass is 684 g/mol. The second-order valence-corrected chi connectivity index (χ2v) is 11.7. The van der Waals surface area contributed by atoms with Gasteiger partial charge >= 0.3 is 5.97 Å². The number of hydrogen-bond donors (Lipinski definition) is 7. The van der Waals surface area contributed by atoms with Gasteiger partial charge in [-0.3, -0.25) is 9.59 Å². The molecule has 16 nitrogen and oxygen atoms in total. The number of unbranched alkanes of at least 4 members (excludes halogenated alkanes) is 3. The summed E-state index contributed by atoms with van der Waals surface area (Å²) in [6.07, 6.45) is -1.84. The number of aromatic nitrogens is 3. The van der Waals surface area contributed by atoms with Crippen LogP contribution in [0.3, 0.4) is 0 Å². The number of rotatable bonds is 20. The maximum atomic E-state index is 12.5. The molecule has 0 bridgehead atoms. The lowest BCUT2D eigenvalue weighted by Gasteiger charge is -2.46. The van der Waals surface area contributed by atoms with Gasteiger partial charge in [0.05, 0.1) is 50.3 Å².